The number of azide groups is 1. The van der Waals surface area contributed by atoms with E-state index in [1.165, 1.54) is 0 Å². The Morgan fingerprint density at radius 1 is 1.19 bits per heavy atom. The maximum atomic E-state index is 8.32. The van der Waals surface area contributed by atoms with Crippen molar-refractivity contribution in [2.75, 3.05) is 17.7 Å². The summed E-state index contributed by atoms with van der Waals surface area (Å²) in [5, 5.41) is 9.18. The van der Waals surface area contributed by atoms with Gasteiger partial charge in [-0.3, -0.25) is 0 Å². The van der Waals surface area contributed by atoms with Crippen molar-refractivity contribution in [3.8, 4) is 0 Å². The fourth-order valence-electron chi connectivity index (χ4n) is 0.953. The van der Waals surface area contributed by atoms with Crippen LogP contribution in [0.2, 0.25) is 0 Å². The number of rotatable bonds is 3. The summed E-state index contributed by atoms with van der Waals surface area (Å²) in [5.74, 6) is 0.756. The smallest absolute Gasteiger partial charge is 0.228 e. The summed E-state index contributed by atoms with van der Waals surface area (Å²) in [5.41, 5.74) is 8.14. The molecule has 0 saturated heterocycles. The van der Waals surface area contributed by atoms with E-state index in [1.54, 1.807) is 7.05 Å². The molecule has 0 fully saturated rings. The Balaban J connectivity index is 3.09. The molecule has 0 radical (unpaired) electrons. The van der Waals surface area contributed by atoms with E-state index >= 15 is 0 Å². The second-order valence-corrected chi connectivity index (χ2v) is 4.10. The van der Waals surface area contributed by atoms with Crippen LogP contribution in [0.25, 0.3) is 10.4 Å². The summed E-state index contributed by atoms with van der Waals surface area (Å²) in [6, 6.07) is 0. The largest absolute Gasteiger partial charge is 0.357 e. The monoisotopic (exact) mass is 222 g/mol. The highest BCUT2D eigenvalue weighted by Crippen LogP contribution is 2.15. The number of hydrogen-bond donors (Lipinski definition) is 2. The van der Waals surface area contributed by atoms with Crippen molar-refractivity contribution in [3.63, 3.8) is 0 Å². The first kappa shape index (κ1) is 12.0. The van der Waals surface area contributed by atoms with E-state index in [9.17, 15) is 0 Å². The van der Waals surface area contributed by atoms with Gasteiger partial charge in [0.25, 0.3) is 0 Å². The Morgan fingerprint density at radius 3 is 2.31 bits per heavy atom. The molecule has 0 aliphatic rings. The van der Waals surface area contributed by atoms with Crippen LogP contribution in [0.4, 0.5) is 17.8 Å². The number of anilines is 2. The lowest BCUT2D eigenvalue weighted by Gasteiger charge is -2.20. The Hall–Kier alpha value is -2.08. The van der Waals surface area contributed by atoms with Gasteiger partial charge in [-0.2, -0.15) is 15.0 Å². The van der Waals surface area contributed by atoms with Crippen LogP contribution >= 0.6 is 0 Å². The molecule has 0 aliphatic carbocycles. The van der Waals surface area contributed by atoms with Gasteiger partial charge in [-0.25, -0.2) is 0 Å². The molecule has 0 spiro atoms. The van der Waals surface area contributed by atoms with E-state index in [-0.39, 0.29) is 11.5 Å². The maximum Gasteiger partial charge on any atom is 0.228 e. The van der Waals surface area contributed by atoms with Crippen LogP contribution < -0.4 is 10.6 Å². The van der Waals surface area contributed by atoms with Gasteiger partial charge in [-0.1, -0.05) is 0 Å². The molecule has 16 heavy (non-hydrogen) atoms. The molecule has 0 atom stereocenters. The first-order valence-electron chi connectivity index (χ1n) is 4.72. The average molecular weight is 222 g/mol. The molecule has 8 nitrogen and oxygen atoms in total. The van der Waals surface area contributed by atoms with E-state index in [0.29, 0.717) is 11.9 Å². The summed E-state index contributed by atoms with van der Waals surface area (Å²) < 4.78 is 0. The zero-order valence-corrected chi connectivity index (χ0v) is 9.68. The van der Waals surface area contributed by atoms with Gasteiger partial charge in [0.15, 0.2) is 0 Å². The molecule has 1 aromatic heterocycles. The van der Waals surface area contributed by atoms with Gasteiger partial charge in [0.2, 0.25) is 17.8 Å². The molecule has 1 aromatic rings. The fraction of sp³-hybridized carbons (Fsp3) is 0.625. The van der Waals surface area contributed by atoms with E-state index in [2.05, 4.69) is 35.6 Å². The predicted octanol–water partition coefficient (Wildman–Crippen LogP) is 2.07. The highest BCUT2D eigenvalue weighted by atomic mass is 15.3. The first-order valence-corrected chi connectivity index (χ1v) is 4.72. The van der Waals surface area contributed by atoms with E-state index in [4.69, 9.17) is 5.53 Å². The van der Waals surface area contributed by atoms with Crippen molar-refractivity contribution in [2.24, 2.45) is 5.11 Å². The Morgan fingerprint density at radius 2 is 1.81 bits per heavy atom. The molecular weight excluding hydrogens is 208 g/mol. The van der Waals surface area contributed by atoms with Crippen molar-refractivity contribution in [3.05, 3.63) is 10.4 Å². The van der Waals surface area contributed by atoms with Gasteiger partial charge in [0.1, 0.15) is 0 Å². The number of nitrogens with zero attached hydrogens (tertiary/aromatic N) is 6. The standard InChI is InChI=1S/C8H14N8/c1-8(2,3)14-6-11-5(10-4)12-7(13-6)15-16-9/h1-4H3,(H2,10,11,12,13,14). The zero-order chi connectivity index (χ0) is 12.2. The number of aromatic nitrogens is 3. The number of hydrogen-bond acceptors (Lipinski definition) is 6. The summed E-state index contributed by atoms with van der Waals surface area (Å²) in [6.45, 7) is 5.93. The topological polar surface area (TPSA) is 111 Å². The van der Waals surface area contributed by atoms with Crippen LogP contribution in [-0.2, 0) is 0 Å². The van der Waals surface area contributed by atoms with Crippen molar-refractivity contribution in [1.29, 1.82) is 0 Å². The van der Waals surface area contributed by atoms with E-state index < -0.39 is 0 Å². The molecule has 0 unspecified atom stereocenters. The lowest BCUT2D eigenvalue weighted by atomic mass is 10.1. The van der Waals surface area contributed by atoms with Crippen LogP contribution in [0.15, 0.2) is 5.11 Å². The van der Waals surface area contributed by atoms with Crippen molar-refractivity contribution >= 4 is 17.8 Å². The van der Waals surface area contributed by atoms with E-state index in [0.717, 1.165) is 0 Å². The molecule has 0 aliphatic heterocycles. The highest BCUT2D eigenvalue weighted by Gasteiger charge is 2.12. The lowest BCUT2D eigenvalue weighted by Crippen LogP contribution is -2.27. The molecule has 0 aromatic carbocycles. The second kappa shape index (κ2) is 4.63. The molecule has 0 amide bonds. The van der Waals surface area contributed by atoms with Gasteiger partial charge < -0.3 is 10.6 Å². The molecule has 1 rings (SSSR count). The van der Waals surface area contributed by atoms with Crippen LogP contribution in [0.3, 0.4) is 0 Å². The summed E-state index contributed by atoms with van der Waals surface area (Å²) >= 11 is 0. The molecule has 8 heteroatoms. The van der Waals surface area contributed by atoms with Crippen LogP contribution in [-0.4, -0.2) is 27.5 Å². The van der Waals surface area contributed by atoms with Gasteiger partial charge in [-0.05, 0) is 31.4 Å². The van der Waals surface area contributed by atoms with Crippen LogP contribution in [0.1, 0.15) is 20.8 Å². The molecular formula is C8H14N8. The zero-order valence-electron chi connectivity index (χ0n) is 9.68. The molecule has 1 heterocycles. The predicted molar refractivity (Wildman–Crippen MR) is 61.6 cm³/mol. The molecule has 2 N–H and O–H groups in total. The molecule has 0 saturated carbocycles. The van der Waals surface area contributed by atoms with Crippen molar-refractivity contribution in [2.45, 2.75) is 26.3 Å². The van der Waals surface area contributed by atoms with Crippen molar-refractivity contribution < 1.29 is 0 Å². The highest BCUT2D eigenvalue weighted by molar-refractivity contribution is 5.40. The summed E-state index contributed by atoms with van der Waals surface area (Å²) in [7, 11) is 1.68. The average Bonchev–Trinajstić information content (AvgIpc) is 2.15. The Bertz CT molecular complexity index is 415. The Labute approximate surface area is 93.1 Å². The Kier molecular flexibility index (Phi) is 3.47. The third-order valence-electron chi connectivity index (χ3n) is 1.47. The van der Waals surface area contributed by atoms with Gasteiger partial charge >= 0.3 is 0 Å². The van der Waals surface area contributed by atoms with Crippen LogP contribution in [0.5, 0.6) is 0 Å². The lowest BCUT2D eigenvalue weighted by molar-refractivity contribution is 0.625. The van der Waals surface area contributed by atoms with Gasteiger partial charge in [0, 0.05) is 17.5 Å². The molecule has 0 bridgehead atoms. The summed E-state index contributed by atoms with van der Waals surface area (Å²) in [6.07, 6.45) is 0. The quantitative estimate of drug-likeness (QED) is 0.462. The SMILES string of the molecule is CNc1nc(N=[N+]=[N-])nc(NC(C)(C)C)n1. The minimum Gasteiger partial charge on any atom is -0.357 e. The van der Waals surface area contributed by atoms with E-state index in [1.807, 2.05) is 20.8 Å². The first-order chi connectivity index (χ1) is 7.44. The maximum absolute atomic E-state index is 8.32. The fourth-order valence-corrected chi connectivity index (χ4v) is 0.953. The number of nitrogens with one attached hydrogen (secondary N) is 2. The van der Waals surface area contributed by atoms with Crippen LogP contribution in [0, 0.1) is 0 Å². The third kappa shape index (κ3) is 3.58. The third-order valence-corrected chi connectivity index (χ3v) is 1.47. The van der Waals surface area contributed by atoms with Gasteiger partial charge in [0.05, 0.1) is 0 Å². The minimum atomic E-state index is -0.181. The molecule has 86 valence electrons. The minimum absolute atomic E-state index is 0.0357. The normalized spacial score (nSPS) is 10.5. The van der Waals surface area contributed by atoms with Gasteiger partial charge in [-0.15, -0.1) is 0 Å². The summed E-state index contributed by atoms with van der Waals surface area (Å²) in [4.78, 5) is 14.6. The van der Waals surface area contributed by atoms with Crippen molar-refractivity contribution in [1.82, 2.24) is 15.0 Å². The second-order valence-electron chi connectivity index (χ2n) is 4.10.